The Morgan fingerprint density at radius 2 is 1.95 bits per heavy atom. The Kier molecular flexibility index (Phi) is 4.48. The highest BCUT2D eigenvalue weighted by Gasteiger charge is 2.42. The zero-order valence-electron chi connectivity index (χ0n) is 11.9. The van der Waals surface area contributed by atoms with Gasteiger partial charge in [-0.05, 0) is 40.4 Å². The molecule has 1 aromatic carbocycles. The van der Waals surface area contributed by atoms with E-state index in [9.17, 15) is 9.59 Å². The van der Waals surface area contributed by atoms with Crippen LogP contribution in [0.2, 0.25) is 0 Å². The van der Waals surface area contributed by atoms with Crippen LogP contribution in [0.4, 0.5) is 5.69 Å². The fraction of sp³-hybridized carbons (Fsp3) is 0.467. The van der Waals surface area contributed by atoms with Crippen molar-refractivity contribution < 1.29 is 9.59 Å². The molecule has 20 heavy (non-hydrogen) atoms. The maximum absolute atomic E-state index is 12.7. The lowest BCUT2D eigenvalue weighted by atomic mass is 9.95. The normalized spacial score (nSPS) is 23.1. The lowest BCUT2D eigenvalue weighted by Gasteiger charge is -2.41. The molecule has 2 atom stereocenters. The van der Waals surface area contributed by atoms with E-state index in [4.69, 9.17) is 0 Å². The Morgan fingerprint density at radius 1 is 1.30 bits per heavy atom. The second kappa shape index (κ2) is 5.95. The van der Waals surface area contributed by atoms with Crippen molar-refractivity contribution in [3.63, 3.8) is 0 Å². The van der Waals surface area contributed by atoms with Gasteiger partial charge in [-0.1, -0.05) is 32.9 Å². The highest BCUT2D eigenvalue weighted by molar-refractivity contribution is 9.10. The molecular formula is C15H19BrN2O2. The number of carbonyl (C=O) groups is 2. The van der Waals surface area contributed by atoms with Gasteiger partial charge in [-0.2, -0.15) is 0 Å². The number of nitrogens with one attached hydrogen (secondary N) is 1. The quantitative estimate of drug-likeness (QED) is 0.921. The van der Waals surface area contributed by atoms with E-state index in [0.717, 1.165) is 10.2 Å². The zero-order chi connectivity index (χ0) is 14.9. The Morgan fingerprint density at radius 3 is 2.50 bits per heavy atom. The molecule has 0 saturated carbocycles. The van der Waals surface area contributed by atoms with Crippen LogP contribution in [0.15, 0.2) is 28.7 Å². The molecule has 1 aromatic rings. The van der Waals surface area contributed by atoms with Crippen LogP contribution < -0.4 is 10.2 Å². The summed E-state index contributed by atoms with van der Waals surface area (Å²) in [5, 5.41) is 2.82. The van der Waals surface area contributed by atoms with Crippen LogP contribution in [0.1, 0.15) is 27.2 Å². The predicted molar refractivity (Wildman–Crippen MR) is 82.5 cm³/mol. The topological polar surface area (TPSA) is 49.4 Å². The van der Waals surface area contributed by atoms with Gasteiger partial charge < -0.3 is 5.32 Å². The van der Waals surface area contributed by atoms with Crippen molar-refractivity contribution in [2.45, 2.75) is 39.3 Å². The largest absolute Gasteiger partial charge is 0.342 e. The Balaban J connectivity index is 2.50. The van der Waals surface area contributed by atoms with Crippen LogP contribution in [0.5, 0.6) is 0 Å². The molecule has 4 nitrogen and oxygen atoms in total. The Bertz CT molecular complexity index is 530. The van der Waals surface area contributed by atoms with Gasteiger partial charge in [0, 0.05) is 4.47 Å². The van der Waals surface area contributed by atoms with Crippen molar-refractivity contribution >= 4 is 33.4 Å². The van der Waals surface area contributed by atoms with Gasteiger partial charge in [-0.15, -0.1) is 0 Å². The average molecular weight is 339 g/mol. The molecule has 2 unspecified atom stereocenters. The molecule has 0 radical (unpaired) electrons. The average Bonchev–Trinajstić information content (AvgIpc) is 2.41. The number of benzene rings is 1. The van der Waals surface area contributed by atoms with Gasteiger partial charge in [-0.25, -0.2) is 0 Å². The molecule has 0 aromatic heterocycles. The van der Waals surface area contributed by atoms with E-state index < -0.39 is 12.1 Å². The smallest absolute Gasteiger partial charge is 0.250 e. The first kappa shape index (κ1) is 15.0. The summed E-state index contributed by atoms with van der Waals surface area (Å²) >= 11 is 3.47. The second-order valence-corrected chi connectivity index (χ2v) is 6.17. The summed E-state index contributed by atoms with van der Waals surface area (Å²) in [5.41, 5.74) is 0.754. The first-order valence-electron chi connectivity index (χ1n) is 6.85. The first-order valence-corrected chi connectivity index (χ1v) is 7.64. The van der Waals surface area contributed by atoms with Gasteiger partial charge in [0.15, 0.2) is 0 Å². The minimum Gasteiger partial charge on any atom is -0.342 e. The lowest BCUT2D eigenvalue weighted by molar-refractivity contribution is -0.134. The Labute approximate surface area is 127 Å². The van der Waals surface area contributed by atoms with Crippen LogP contribution in [0.3, 0.4) is 0 Å². The van der Waals surface area contributed by atoms with Crippen LogP contribution in [0, 0.1) is 5.92 Å². The van der Waals surface area contributed by atoms with E-state index in [-0.39, 0.29) is 17.7 Å². The third kappa shape index (κ3) is 2.59. The third-order valence-corrected chi connectivity index (χ3v) is 4.22. The molecule has 1 aliphatic rings. The number of carbonyl (C=O) groups excluding carboxylic acids is 2. The minimum atomic E-state index is -0.469. The van der Waals surface area contributed by atoms with E-state index in [2.05, 4.69) is 21.2 Å². The molecule has 1 N–H and O–H groups in total. The molecule has 0 aliphatic carbocycles. The molecule has 2 amide bonds. The van der Waals surface area contributed by atoms with Crippen molar-refractivity contribution in [2.75, 3.05) is 4.90 Å². The predicted octanol–water partition coefficient (Wildman–Crippen LogP) is 2.72. The molecule has 2 rings (SSSR count). The van der Waals surface area contributed by atoms with E-state index in [1.165, 1.54) is 0 Å². The summed E-state index contributed by atoms with van der Waals surface area (Å²) in [4.78, 5) is 26.6. The molecule has 5 heteroatoms. The fourth-order valence-electron chi connectivity index (χ4n) is 2.53. The van der Waals surface area contributed by atoms with Crippen molar-refractivity contribution in [3.8, 4) is 0 Å². The van der Waals surface area contributed by atoms with Crippen LogP contribution in [0.25, 0.3) is 0 Å². The van der Waals surface area contributed by atoms with Crippen molar-refractivity contribution in [1.82, 2.24) is 5.32 Å². The van der Waals surface area contributed by atoms with E-state index >= 15 is 0 Å². The molecule has 0 bridgehead atoms. The first-order chi connectivity index (χ1) is 9.47. The van der Waals surface area contributed by atoms with Crippen LogP contribution >= 0.6 is 15.9 Å². The standard InChI is InChI=1S/C15H19BrN2O2/c1-4-11-15(20)18(12-8-6-5-7-10(12)16)13(9(2)3)14(19)17-11/h5-9,11,13H,4H2,1-3H3,(H,17,19). The van der Waals surface area contributed by atoms with Crippen LogP contribution in [-0.2, 0) is 9.59 Å². The molecule has 0 spiro atoms. The lowest BCUT2D eigenvalue weighted by Crippen LogP contribution is -2.65. The van der Waals surface area contributed by atoms with Crippen molar-refractivity contribution in [2.24, 2.45) is 5.92 Å². The minimum absolute atomic E-state index is 0.0438. The van der Waals surface area contributed by atoms with Crippen LogP contribution in [-0.4, -0.2) is 23.9 Å². The fourth-order valence-corrected chi connectivity index (χ4v) is 3.01. The highest BCUT2D eigenvalue weighted by atomic mass is 79.9. The molecule has 108 valence electrons. The maximum Gasteiger partial charge on any atom is 0.250 e. The molecular weight excluding hydrogens is 320 g/mol. The Hall–Kier alpha value is -1.36. The van der Waals surface area contributed by atoms with Gasteiger partial charge in [0.25, 0.3) is 0 Å². The number of nitrogens with zero attached hydrogens (tertiary/aromatic N) is 1. The van der Waals surface area contributed by atoms with Gasteiger partial charge in [0.2, 0.25) is 11.8 Å². The number of halogens is 1. The number of hydrogen-bond acceptors (Lipinski definition) is 2. The third-order valence-electron chi connectivity index (χ3n) is 3.55. The number of amides is 2. The summed E-state index contributed by atoms with van der Waals surface area (Å²) in [6.45, 7) is 5.80. The molecule has 1 saturated heterocycles. The van der Waals surface area contributed by atoms with Gasteiger partial charge in [-0.3, -0.25) is 14.5 Å². The second-order valence-electron chi connectivity index (χ2n) is 5.32. The summed E-state index contributed by atoms with van der Waals surface area (Å²) in [6, 6.07) is 6.60. The number of anilines is 1. The maximum atomic E-state index is 12.7. The van der Waals surface area contributed by atoms with Gasteiger partial charge in [0.05, 0.1) is 5.69 Å². The van der Waals surface area contributed by atoms with Crippen molar-refractivity contribution in [3.05, 3.63) is 28.7 Å². The van der Waals surface area contributed by atoms with Gasteiger partial charge in [0.1, 0.15) is 12.1 Å². The highest BCUT2D eigenvalue weighted by Crippen LogP contribution is 2.32. The molecule has 1 aliphatic heterocycles. The zero-order valence-corrected chi connectivity index (χ0v) is 13.5. The summed E-state index contributed by atoms with van der Waals surface area (Å²) < 4.78 is 0.823. The number of para-hydroxylation sites is 1. The molecule has 1 heterocycles. The SMILES string of the molecule is CCC1NC(=O)C(C(C)C)N(c2ccccc2Br)C1=O. The summed E-state index contributed by atoms with van der Waals surface area (Å²) in [5.74, 6) is -0.0798. The summed E-state index contributed by atoms with van der Waals surface area (Å²) in [6.07, 6.45) is 0.594. The van der Waals surface area contributed by atoms with Gasteiger partial charge >= 0.3 is 0 Å². The monoisotopic (exact) mass is 338 g/mol. The summed E-state index contributed by atoms with van der Waals surface area (Å²) in [7, 11) is 0. The number of rotatable bonds is 3. The van der Waals surface area contributed by atoms with E-state index in [1.807, 2.05) is 45.0 Å². The van der Waals surface area contributed by atoms with Crippen molar-refractivity contribution in [1.29, 1.82) is 0 Å². The number of piperazine rings is 1. The number of hydrogen-bond donors (Lipinski definition) is 1. The molecule has 1 fully saturated rings. The van der Waals surface area contributed by atoms with E-state index in [0.29, 0.717) is 6.42 Å². The van der Waals surface area contributed by atoms with E-state index in [1.54, 1.807) is 4.90 Å².